The molecule has 0 spiro atoms. The number of hydrogen-bond acceptors (Lipinski definition) is 3. The highest BCUT2D eigenvalue weighted by molar-refractivity contribution is 5.95. The van der Waals surface area contributed by atoms with Gasteiger partial charge in [0.25, 0.3) is 5.91 Å². The number of rotatable bonds is 11. The quantitative estimate of drug-likeness (QED) is 0.332. The van der Waals surface area contributed by atoms with Crippen LogP contribution in [-0.2, 0) is 16.1 Å². The zero-order valence-electron chi connectivity index (χ0n) is 17.0. The second kappa shape index (κ2) is 13.1. The van der Waals surface area contributed by atoms with Crippen LogP contribution in [0.2, 0.25) is 0 Å². The maximum Gasteiger partial charge on any atom is 0.250 e. The van der Waals surface area contributed by atoms with Gasteiger partial charge in [-0.2, -0.15) is 0 Å². The molecule has 0 radical (unpaired) electrons. The Labute approximate surface area is 168 Å². The summed E-state index contributed by atoms with van der Waals surface area (Å²) < 4.78 is 0. The first kappa shape index (κ1) is 22.9. The number of hydrogen-bond donors (Lipinski definition) is 2. The van der Waals surface area contributed by atoms with Gasteiger partial charge in [0.2, 0.25) is 0 Å². The summed E-state index contributed by atoms with van der Waals surface area (Å²) in [6.07, 6.45) is 11.4. The van der Waals surface area contributed by atoms with E-state index in [1.54, 1.807) is 6.08 Å². The zero-order chi connectivity index (χ0) is 20.8. The van der Waals surface area contributed by atoms with Gasteiger partial charge in [-0.3, -0.25) is 9.59 Å². The highest BCUT2D eigenvalue weighted by Gasteiger charge is 2.09. The summed E-state index contributed by atoms with van der Waals surface area (Å²) in [7, 11) is 0. The second-order valence-corrected chi connectivity index (χ2v) is 6.20. The van der Waals surface area contributed by atoms with Crippen molar-refractivity contribution in [2.24, 2.45) is 0 Å². The van der Waals surface area contributed by atoms with Gasteiger partial charge in [0.05, 0.1) is 0 Å². The van der Waals surface area contributed by atoms with E-state index in [1.165, 1.54) is 6.08 Å². The molecule has 0 saturated heterocycles. The Morgan fingerprint density at radius 2 is 1.89 bits per heavy atom. The predicted octanol–water partition coefficient (Wildman–Crippen LogP) is 4.74. The normalized spacial score (nSPS) is 12.8. The molecular weight excluding hydrogens is 348 g/mol. The molecule has 0 aliphatic carbocycles. The predicted molar refractivity (Wildman–Crippen MR) is 116 cm³/mol. The average Bonchev–Trinajstić information content (AvgIpc) is 2.70. The molecular formula is C24H30N2O2. The van der Waals surface area contributed by atoms with Crippen molar-refractivity contribution >= 4 is 12.2 Å². The Bertz CT molecular complexity index is 784. The average molecular weight is 379 g/mol. The highest BCUT2D eigenvalue weighted by atomic mass is 16.1. The lowest BCUT2D eigenvalue weighted by atomic mass is 10.1. The van der Waals surface area contributed by atoms with E-state index in [0.29, 0.717) is 12.1 Å². The van der Waals surface area contributed by atoms with E-state index in [4.69, 9.17) is 0 Å². The Morgan fingerprint density at radius 3 is 2.46 bits per heavy atom. The van der Waals surface area contributed by atoms with Crippen molar-refractivity contribution in [3.05, 3.63) is 95.4 Å². The Hall–Kier alpha value is -3.14. The minimum Gasteiger partial charge on any atom is -0.359 e. The van der Waals surface area contributed by atoms with Gasteiger partial charge in [-0.05, 0) is 43.6 Å². The number of benzene rings is 1. The van der Waals surface area contributed by atoms with Crippen molar-refractivity contribution in [2.75, 3.05) is 0 Å². The Morgan fingerprint density at radius 1 is 1.18 bits per heavy atom. The van der Waals surface area contributed by atoms with Crippen LogP contribution in [0.5, 0.6) is 0 Å². The summed E-state index contributed by atoms with van der Waals surface area (Å²) >= 11 is 0. The SMILES string of the molecule is C=C(/C=C(\C=C/C)C(=C/C)/N/C(=C/C=O)CCC)C(=O)NCc1ccccc1. The van der Waals surface area contributed by atoms with E-state index in [-0.39, 0.29) is 5.91 Å². The largest absolute Gasteiger partial charge is 0.359 e. The van der Waals surface area contributed by atoms with Crippen LogP contribution in [0.25, 0.3) is 0 Å². The lowest BCUT2D eigenvalue weighted by Crippen LogP contribution is -2.23. The number of aldehydes is 1. The molecule has 0 heterocycles. The molecule has 0 unspecified atom stereocenters. The lowest BCUT2D eigenvalue weighted by molar-refractivity contribution is -0.117. The molecule has 1 amide bonds. The molecule has 4 nitrogen and oxygen atoms in total. The van der Waals surface area contributed by atoms with Gasteiger partial charge in [0, 0.05) is 23.5 Å². The van der Waals surface area contributed by atoms with Gasteiger partial charge in [-0.25, -0.2) is 0 Å². The molecule has 1 rings (SSSR count). The molecule has 0 fully saturated rings. The van der Waals surface area contributed by atoms with Crippen molar-refractivity contribution in [1.29, 1.82) is 0 Å². The molecule has 148 valence electrons. The van der Waals surface area contributed by atoms with Crippen LogP contribution in [0.15, 0.2) is 89.8 Å². The molecule has 0 aliphatic rings. The summed E-state index contributed by atoms with van der Waals surface area (Å²) in [6, 6.07) is 9.73. The Balaban J connectivity index is 2.92. The molecule has 0 aliphatic heterocycles. The molecule has 1 aromatic carbocycles. The minimum atomic E-state index is -0.224. The van der Waals surface area contributed by atoms with Gasteiger partial charge >= 0.3 is 0 Å². The van der Waals surface area contributed by atoms with Gasteiger partial charge in [-0.1, -0.05) is 68.5 Å². The van der Waals surface area contributed by atoms with Crippen molar-refractivity contribution in [3.63, 3.8) is 0 Å². The van der Waals surface area contributed by atoms with E-state index < -0.39 is 0 Å². The number of nitrogens with one attached hydrogen (secondary N) is 2. The van der Waals surface area contributed by atoms with Crippen molar-refractivity contribution in [3.8, 4) is 0 Å². The summed E-state index contributed by atoms with van der Waals surface area (Å²) in [6.45, 7) is 10.2. The molecule has 0 saturated carbocycles. The maximum atomic E-state index is 12.4. The lowest BCUT2D eigenvalue weighted by Gasteiger charge is -2.15. The van der Waals surface area contributed by atoms with Crippen LogP contribution < -0.4 is 10.6 Å². The fourth-order valence-corrected chi connectivity index (χ4v) is 2.56. The molecule has 2 N–H and O–H groups in total. The van der Waals surface area contributed by atoms with E-state index >= 15 is 0 Å². The highest BCUT2D eigenvalue weighted by Crippen LogP contribution is 2.15. The summed E-state index contributed by atoms with van der Waals surface area (Å²) in [5.41, 5.74) is 3.86. The van der Waals surface area contributed by atoms with E-state index in [0.717, 1.165) is 41.7 Å². The first-order valence-corrected chi connectivity index (χ1v) is 9.49. The van der Waals surface area contributed by atoms with Crippen LogP contribution in [0, 0.1) is 0 Å². The third-order valence-electron chi connectivity index (χ3n) is 3.95. The molecule has 0 aromatic heterocycles. The summed E-state index contributed by atoms with van der Waals surface area (Å²) in [5.74, 6) is -0.224. The number of allylic oxidation sites excluding steroid dienone is 5. The third kappa shape index (κ3) is 8.04. The first-order valence-electron chi connectivity index (χ1n) is 9.49. The van der Waals surface area contributed by atoms with E-state index in [9.17, 15) is 9.59 Å². The van der Waals surface area contributed by atoms with Gasteiger partial charge < -0.3 is 10.6 Å². The monoisotopic (exact) mass is 378 g/mol. The standard InChI is InChI=1S/C24H30N2O2/c1-5-11-21(23(7-3)26-22(12-6-2)15-16-27)17-19(4)24(28)25-18-20-13-9-8-10-14-20/h5,7-11,13-17,26H,4,6,12,18H2,1-3H3,(H,25,28)/b11-5-,21-17+,22-15+,23-7-. The van der Waals surface area contributed by atoms with E-state index in [1.807, 2.05) is 62.4 Å². The zero-order valence-corrected chi connectivity index (χ0v) is 17.0. The van der Waals surface area contributed by atoms with Crippen LogP contribution in [0.1, 0.15) is 39.2 Å². The van der Waals surface area contributed by atoms with Crippen LogP contribution in [-0.4, -0.2) is 12.2 Å². The molecule has 0 atom stereocenters. The fraction of sp³-hybridized carbons (Fsp3) is 0.250. The summed E-state index contributed by atoms with van der Waals surface area (Å²) in [5, 5.41) is 6.17. The fourth-order valence-electron chi connectivity index (χ4n) is 2.56. The first-order chi connectivity index (χ1) is 13.5. The van der Waals surface area contributed by atoms with Gasteiger partial charge in [0.1, 0.15) is 6.29 Å². The third-order valence-corrected chi connectivity index (χ3v) is 3.95. The number of amides is 1. The van der Waals surface area contributed by atoms with Gasteiger partial charge in [0.15, 0.2) is 0 Å². The molecule has 28 heavy (non-hydrogen) atoms. The van der Waals surface area contributed by atoms with Crippen LogP contribution >= 0.6 is 0 Å². The minimum absolute atomic E-state index is 0.224. The van der Waals surface area contributed by atoms with Crippen molar-refractivity contribution in [1.82, 2.24) is 10.6 Å². The molecule has 0 bridgehead atoms. The topological polar surface area (TPSA) is 58.2 Å². The second-order valence-electron chi connectivity index (χ2n) is 6.20. The van der Waals surface area contributed by atoms with Crippen molar-refractivity contribution in [2.45, 2.75) is 40.2 Å². The maximum absolute atomic E-state index is 12.4. The van der Waals surface area contributed by atoms with Crippen LogP contribution in [0.3, 0.4) is 0 Å². The van der Waals surface area contributed by atoms with Crippen LogP contribution in [0.4, 0.5) is 0 Å². The molecule has 4 heteroatoms. The molecule has 1 aromatic rings. The van der Waals surface area contributed by atoms with Crippen molar-refractivity contribution < 1.29 is 9.59 Å². The smallest absolute Gasteiger partial charge is 0.250 e. The van der Waals surface area contributed by atoms with Gasteiger partial charge in [-0.15, -0.1) is 0 Å². The summed E-state index contributed by atoms with van der Waals surface area (Å²) in [4.78, 5) is 23.3. The number of carbonyl (C=O) groups is 2. The Kier molecular flexibility index (Phi) is 10.7. The number of carbonyl (C=O) groups excluding carboxylic acids is 2. The van der Waals surface area contributed by atoms with E-state index in [2.05, 4.69) is 24.1 Å².